The predicted molar refractivity (Wildman–Crippen MR) is 120 cm³/mol. The van der Waals surface area contributed by atoms with Gasteiger partial charge in [0.2, 0.25) is 0 Å². The zero-order chi connectivity index (χ0) is 24.7. The molecule has 0 aliphatic carbocycles. The van der Waals surface area contributed by atoms with E-state index in [9.17, 15) is 19.2 Å². The second kappa shape index (κ2) is 11.3. The first-order valence-corrected chi connectivity index (χ1v) is 10.7. The van der Waals surface area contributed by atoms with E-state index in [-0.39, 0.29) is 26.9 Å². The molecule has 11 heteroatoms. The van der Waals surface area contributed by atoms with Gasteiger partial charge in [0.25, 0.3) is 5.91 Å². The average Bonchev–Trinajstić information content (AvgIpc) is 3.15. The van der Waals surface area contributed by atoms with Crippen LogP contribution in [-0.4, -0.2) is 51.2 Å². The highest BCUT2D eigenvalue weighted by Crippen LogP contribution is 2.33. The first-order chi connectivity index (χ1) is 15.6. The van der Waals surface area contributed by atoms with Crippen molar-refractivity contribution >= 4 is 40.2 Å². The summed E-state index contributed by atoms with van der Waals surface area (Å²) in [6.07, 6.45) is 0. The molecular formula is C22H26N2O8S. The van der Waals surface area contributed by atoms with Gasteiger partial charge in [-0.2, -0.15) is 0 Å². The zero-order valence-electron chi connectivity index (χ0n) is 18.9. The average molecular weight is 479 g/mol. The number of benzene rings is 1. The van der Waals surface area contributed by atoms with Crippen molar-refractivity contribution in [3.63, 3.8) is 0 Å². The number of ether oxygens (including phenoxy) is 4. The van der Waals surface area contributed by atoms with Gasteiger partial charge in [0.15, 0.2) is 0 Å². The number of anilines is 1. The Morgan fingerprint density at radius 1 is 1.00 bits per heavy atom. The van der Waals surface area contributed by atoms with Gasteiger partial charge in [-0.1, -0.05) is 13.8 Å². The lowest BCUT2D eigenvalue weighted by Crippen LogP contribution is -2.45. The van der Waals surface area contributed by atoms with Crippen LogP contribution in [0.25, 0.3) is 0 Å². The van der Waals surface area contributed by atoms with Crippen LogP contribution in [-0.2, 0) is 25.6 Å². The lowest BCUT2D eigenvalue weighted by molar-refractivity contribution is -0.148. The molecule has 1 amide bonds. The Bertz CT molecular complexity index is 1030. The van der Waals surface area contributed by atoms with Crippen molar-refractivity contribution in [2.45, 2.75) is 26.5 Å². The highest BCUT2D eigenvalue weighted by atomic mass is 32.1. The van der Waals surface area contributed by atoms with E-state index in [0.29, 0.717) is 11.3 Å². The fraction of sp³-hybridized carbons (Fsp3) is 0.364. The van der Waals surface area contributed by atoms with Crippen LogP contribution in [0.1, 0.15) is 49.8 Å². The number of carbonyl (C=O) groups excluding carboxylic acids is 4. The van der Waals surface area contributed by atoms with Crippen LogP contribution >= 0.6 is 11.3 Å². The molecule has 1 aromatic carbocycles. The van der Waals surface area contributed by atoms with Gasteiger partial charge in [0, 0.05) is 11.1 Å². The Morgan fingerprint density at radius 3 is 2.12 bits per heavy atom. The molecule has 0 saturated heterocycles. The number of nitrogens with one attached hydrogen (secondary N) is 1. The van der Waals surface area contributed by atoms with E-state index >= 15 is 0 Å². The standard InChI is InChI=1S/C22H26N2O8S/c1-11(2)16(24-19(25)12-6-8-13(29-3)9-7-12)21(27)32-10-14-15(20(26)30-4)18(23)33-17(14)22(28)31-5/h6-9,11,16H,10,23H2,1-5H3,(H,24,25). The molecule has 2 rings (SSSR count). The Morgan fingerprint density at radius 2 is 1.61 bits per heavy atom. The number of hydrogen-bond acceptors (Lipinski definition) is 10. The molecule has 3 N–H and O–H groups in total. The molecular weight excluding hydrogens is 452 g/mol. The Labute approximate surface area is 194 Å². The first kappa shape index (κ1) is 25.7. The molecule has 0 aliphatic heterocycles. The number of nitrogen functional groups attached to an aromatic ring is 1. The number of hydrogen-bond donors (Lipinski definition) is 2. The number of thiophene rings is 1. The third-order valence-corrected chi connectivity index (χ3v) is 5.75. The summed E-state index contributed by atoms with van der Waals surface area (Å²) in [4.78, 5) is 49.7. The van der Waals surface area contributed by atoms with Gasteiger partial charge < -0.3 is 30.0 Å². The van der Waals surface area contributed by atoms with Crippen molar-refractivity contribution < 1.29 is 38.1 Å². The summed E-state index contributed by atoms with van der Waals surface area (Å²) >= 11 is 0.826. The predicted octanol–water partition coefficient (Wildman–Crippen LogP) is 2.41. The van der Waals surface area contributed by atoms with E-state index in [1.165, 1.54) is 14.2 Å². The number of nitrogens with two attached hydrogens (primary N) is 1. The molecule has 0 fully saturated rings. The SMILES string of the molecule is COC(=O)c1sc(N)c(C(=O)OC)c1COC(=O)C(NC(=O)c1ccc(OC)cc1)C(C)C. The van der Waals surface area contributed by atoms with Gasteiger partial charge in [0.05, 0.1) is 21.3 Å². The van der Waals surface area contributed by atoms with Gasteiger partial charge >= 0.3 is 17.9 Å². The van der Waals surface area contributed by atoms with Gasteiger partial charge in [-0.25, -0.2) is 14.4 Å². The minimum Gasteiger partial charge on any atom is -0.497 e. The highest BCUT2D eigenvalue weighted by molar-refractivity contribution is 7.18. The molecule has 1 heterocycles. The van der Waals surface area contributed by atoms with Gasteiger partial charge in [0.1, 0.15) is 33.8 Å². The molecule has 0 aliphatic rings. The molecule has 0 spiro atoms. The number of amides is 1. The summed E-state index contributed by atoms with van der Waals surface area (Å²) < 4.78 is 19.9. The quantitative estimate of drug-likeness (QED) is 0.410. The van der Waals surface area contributed by atoms with Crippen molar-refractivity contribution in [1.82, 2.24) is 5.32 Å². The van der Waals surface area contributed by atoms with E-state index in [1.807, 2.05) is 0 Å². The second-order valence-electron chi connectivity index (χ2n) is 7.16. The molecule has 1 aromatic heterocycles. The topological polar surface area (TPSA) is 143 Å². The fourth-order valence-electron chi connectivity index (χ4n) is 2.90. The third kappa shape index (κ3) is 6.01. The van der Waals surface area contributed by atoms with Crippen molar-refractivity contribution in [3.05, 3.63) is 45.8 Å². The minimum absolute atomic E-state index is 0.0200. The van der Waals surface area contributed by atoms with Crippen molar-refractivity contribution in [2.24, 2.45) is 5.92 Å². The van der Waals surface area contributed by atoms with E-state index in [0.717, 1.165) is 18.4 Å². The normalized spacial score (nSPS) is 11.5. The summed E-state index contributed by atoms with van der Waals surface area (Å²) in [5.74, 6) is -2.46. The van der Waals surface area contributed by atoms with Crippen LogP contribution in [0.15, 0.2) is 24.3 Å². The van der Waals surface area contributed by atoms with Crippen LogP contribution < -0.4 is 15.8 Å². The van der Waals surface area contributed by atoms with Crippen LogP contribution in [0.2, 0.25) is 0 Å². The Hall–Kier alpha value is -3.60. The molecule has 0 radical (unpaired) electrons. The molecule has 0 saturated carbocycles. The van der Waals surface area contributed by atoms with Crippen molar-refractivity contribution in [3.8, 4) is 5.75 Å². The van der Waals surface area contributed by atoms with E-state index < -0.39 is 36.5 Å². The molecule has 1 atom stereocenters. The number of esters is 3. The number of methoxy groups -OCH3 is 3. The molecule has 178 valence electrons. The van der Waals surface area contributed by atoms with Gasteiger partial charge in [-0.15, -0.1) is 11.3 Å². The lowest BCUT2D eigenvalue weighted by Gasteiger charge is -2.21. The Kier molecular flexibility index (Phi) is 8.80. The smallest absolute Gasteiger partial charge is 0.348 e. The maximum Gasteiger partial charge on any atom is 0.348 e. The van der Waals surface area contributed by atoms with E-state index in [1.54, 1.807) is 38.1 Å². The summed E-state index contributed by atoms with van der Waals surface area (Å²) in [6.45, 7) is 3.04. The second-order valence-corrected chi connectivity index (χ2v) is 8.22. The first-order valence-electron chi connectivity index (χ1n) is 9.83. The summed E-state index contributed by atoms with van der Waals surface area (Å²) in [6, 6.07) is 5.40. The molecule has 10 nitrogen and oxygen atoms in total. The number of carbonyl (C=O) groups is 4. The van der Waals surface area contributed by atoms with E-state index in [2.05, 4.69) is 5.32 Å². The van der Waals surface area contributed by atoms with Gasteiger partial charge in [-0.3, -0.25) is 4.79 Å². The molecule has 1 unspecified atom stereocenters. The Balaban J connectivity index is 2.22. The third-order valence-electron chi connectivity index (χ3n) is 4.71. The van der Waals surface area contributed by atoms with Gasteiger partial charge in [-0.05, 0) is 30.2 Å². The maximum atomic E-state index is 12.8. The zero-order valence-corrected chi connectivity index (χ0v) is 19.7. The van der Waals surface area contributed by atoms with Crippen LogP contribution in [0.4, 0.5) is 5.00 Å². The van der Waals surface area contributed by atoms with Crippen LogP contribution in [0.3, 0.4) is 0 Å². The summed E-state index contributed by atoms with van der Waals surface area (Å²) in [5, 5.41) is 2.68. The number of rotatable bonds is 9. The molecule has 0 bridgehead atoms. The lowest BCUT2D eigenvalue weighted by atomic mass is 10.0. The van der Waals surface area contributed by atoms with E-state index in [4.69, 9.17) is 24.7 Å². The van der Waals surface area contributed by atoms with Crippen LogP contribution in [0, 0.1) is 5.92 Å². The van der Waals surface area contributed by atoms with Crippen LogP contribution in [0.5, 0.6) is 5.75 Å². The van der Waals surface area contributed by atoms with Crippen molar-refractivity contribution in [1.29, 1.82) is 0 Å². The maximum absolute atomic E-state index is 12.8. The molecule has 2 aromatic rings. The molecule has 33 heavy (non-hydrogen) atoms. The summed E-state index contributed by atoms with van der Waals surface area (Å²) in [7, 11) is 3.85. The highest BCUT2D eigenvalue weighted by Gasteiger charge is 2.30. The summed E-state index contributed by atoms with van der Waals surface area (Å²) in [5.41, 5.74) is 6.22. The van der Waals surface area contributed by atoms with Crippen molar-refractivity contribution in [2.75, 3.05) is 27.1 Å². The monoisotopic (exact) mass is 478 g/mol. The largest absolute Gasteiger partial charge is 0.497 e. The minimum atomic E-state index is -0.987. The fourth-order valence-corrected chi connectivity index (χ4v) is 3.88.